The topological polar surface area (TPSA) is 81.8 Å². The minimum absolute atomic E-state index is 0.0128. The first-order valence-electron chi connectivity index (χ1n) is 11.2. The minimum atomic E-state index is -0.364. The third-order valence-corrected chi connectivity index (χ3v) is 5.87. The summed E-state index contributed by atoms with van der Waals surface area (Å²) < 4.78 is 2.97. The number of aryl methyl sites for hydroxylation is 4. The fraction of sp³-hybridized carbons (Fsp3) is 0.308. The molecule has 0 aliphatic rings. The molecule has 4 rings (SSSR count). The molecule has 7 nitrogen and oxygen atoms in total. The molecule has 170 valence electrons. The van der Waals surface area contributed by atoms with Crippen LogP contribution in [0.4, 0.5) is 0 Å². The molecule has 33 heavy (non-hydrogen) atoms. The Morgan fingerprint density at radius 2 is 1.70 bits per heavy atom. The van der Waals surface area contributed by atoms with E-state index >= 15 is 0 Å². The van der Waals surface area contributed by atoms with Gasteiger partial charge in [-0.3, -0.25) is 9.59 Å². The Hall–Kier alpha value is -3.74. The summed E-state index contributed by atoms with van der Waals surface area (Å²) in [5.41, 5.74) is 4.74. The number of benzene rings is 2. The van der Waals surface area contributed by atoms with E-state index in [0.717, 1.165) is 35.2 Å². The van der Waals surface area contributed by atoms with E-state index in [1.165, 1.54) is 10.2 Å². The summed E-state index contributed by atoms with van der Waals surface area (Å²) >= 11 is 0. The number of nitrogens with zero attached hydrogens (tertiary/aromatic N) is 4. The van der Waals surface area contributed by atoms with E-state index in [9.17, 15) is 9.59 Å². The fourth-order valence-corrected chi connectivity index (χ4v) is 4.08. The Labute approximate surface area is 193 Å². The van der Waals surface area contributed by atoms with Crippen molar-refractivity contribution in [3.05, 3.63) is 87.5 Å². The van der Waals surface area contributed by atoms with Gasteiger partial charge in [0.2, 0.25) is 5.91 Å². The number of aromatic nitrogens is 4. The van der Waals surface area contributed by atoms with Gasteiger partial charge < -0.3 is 5.32 Å². The van der Waals surface area contributed by atoms with Gasteiger partial charge in [0, 0.05) is 6.04 Å². The fourth-order valence-electron chi connectivity index (χ4n) is 4.08. The third kappa shape index (κ3) is 4.87. The highest BCUT2D eigenvalue weighted by molar-refractivity contribution is 5.84. The van der Waals surface area contributed by atoms with Crippen LogP contribution in [0.15, 0.2) is 59.4 Å². The molecule has 0 radical (unpaired) electrons. The zero-order valence-electron chi connectivity index (χ0n) is 19.5. The molecular formula is C26H29N5O2. The molecule has 0 fully saturated rings. The monoisotopic (exact) mass is 443 g/mol. The summed E-state index contributed by atoms with van der Waals surface area (Å²) in [6, 6.07) is 18.1. The number of hydrogen-bond donors (Lipinski definition) is 1. The lowest BCUT2D eigenvalue weighted by molar-refractivity contribution is -0.122. The summed E-state index contributed by atoms with van der Waals surface area (Å²) in [5.74, 6) is -0.237. The predicted octanol–water partition coefficient (Wildman–Crippen LogP) is 3.64. The van der Waals surface area contributed by atoms with Gasteiger partial charge in [-0.2, -0.15) is 10.2 Å². The zero-order chi connectivity index (χ0) is 23.5. The van der Waals surface area contributed by atoms with Crippen molar-refractivity contribution < 1.29 is 4.79 Å². The van der Waals surface area contributed by atoms with Crippen LogP contribution >= 0.6 is 0 Å². The van der Waals surface area contributed by atoms with Crippen LogP contribution in [0, 0.1) is 20.8 Å². The Bertz CT molecular complexity index is 1340. The Kier molecular flexibility index (Phi) is 6.40. The summed E-state index contributed by atoms with van der Waals surface area (Å²) in [5, 5.41) is 12.7. The van der Waals surface area contributed by atoms with Crippen molar-refractivity contribution in [3.8, 4) is 5.69 Å². The maximum atomic E-state index is 13.1. The van der Waals surface area contributed by atoms with E-state index in [-0.39, 0.29) is 24.1 Å². The van der Waals surface area contributed by atoms with Gasteiger partial charge in [-0.05, 0) is 58.2 Å². The van der Waals surface area contributed by atoms with Gasteiger partial charge in [-0.25, -0.2) is 9.36 Å². The van der Waals surface area contributed by atoms with E-state index in [1.807, 2.05) is 70.2 Å². The van der Waals surface area contributed by atoms with Crippen LogP contribution in [0.25, 0.3) is 16.6 Å². The van der Waals surface area contributed by atoms with Crippen molar-refractivity contribution in [1.82, 2.24) is 24.9 Å². The third-order valence-electron chi connectivity index (χ3n) is 5.87. The normalized spacial score (nSPS) is 12.1. The van der Waals surface area contributed by atoms with E-state index < -0.39 is 0 Å². The van der Waals surface area contributed by atoms with Crippen LogP contribution in [-0.4, -0.2) is 31.5 Å². The first kappa shape index (κ1) is 22.5. The average molecular weight is 444 g/mol. The molecule has 2 heterocycles. The Morgan fingerprint density at radius 1 is 1.00 bits per heavy atom. The van der Waals surface area contributed by atoms with Crippen molar-refractivity contribution >= 4 is 16.8 Å². The highest BCUT2D eigenvalue weighted by atomic mass is 16.2. The van der Waals surface area contributed by atoms with Gasteiger partial charge in [0.05, 0.1) is 22.5 Å². The minimum Gasteiger partial charge on any atom is -0.352 e. The van der Waals surface area contributed by atoms with E-state index in [1.54, 1.807) is 4.68 Å². The quantitative estimate of drug-likeness (QED) is 0.473. The first-order valence-corrected chi connectivity index (χ1v) is 11.2. The van der Waals surface area contributed by atoms with Gasteiger partial charge in [-0.15, -0.1) is 0 Å². The molecule has 0 saturated carbocycles. The molecular weight excluding hydrogens is 414 g/mol. The van der Waals surface area contributed by atoms with Gasteiger partial charge in [0.1, 0.15) is 6.54 Å². The molecule has 4 aromatic rings. The molecule has 1 amide bonds. The van der Waals surface area contributed by atoms with E-state index in [2.05, 4.69) is 27.6 Å². The molecule has 0 aliphatic carbocycles. The highest BCUT2D eigenvalue weighted by Crippen LogP contribution is 2.21. The number of hydrogen-bond acceptors (Lipinski definition) is 4. The Balaban J connectivity index is 1.52. The van der Waals surface area contributed by atoms with Crippen LogP contribution in [0.2, 0.25) is 0 Å². The highest BCUT2D eigenvalue weighted by Gasteiger charge is 2.19. The van der Waals surface area contributed by atoms with Crippen LogP contribution in [-0.2, 0) is 17.8 Å². The lowest BCUT2D eigenvalue weighted by Crippen LogP contribution is -2.38. The second-order valence-corrected chi connectivity index (χ2v) is 8.60. The number of rotatable bonds is 7. The van der Waals surface area contributed by atoms with Crippen molar-refractivity contribution in [2.45, 2.75) is 53.1 Å². The summed E-state index contributed by atoms with van der Waals surface area (Å²) in [4.78, 5) is 25.7. The van der Waals surface area contributed by atoms with E-state index in [4.69, 9.17) is 0 Å². The number of carbonyl (C=O) groups is 1. The van der Waals surface area contributed by atoms with Crippen LogP contribution in [0.3, 0.4) is 0 Å². The molecule has 0 spiro atoms. The number of amides is 1. The smallest absolute Gasteiger partial charge is 0.295 e. The van der Waals surface area contributed by atoms with Crippen molar-refractivity contribution in [3.63, 3.8) is 0 Å². The molecule has 1 N–H and O–H groups in total. The van der Waals surface area contributed by atoms with Crippen LogP contribution in [0.5, 0.6) is 0 Å². The molecule has 7 heteroatoms. The lowest BCUT2D eigenvalue weighted by Gasteiger charge is -2.14. The van der Waals surface area contributed by atoms with Crippen molar-refractivity contribution in [1.29, 1.82) is 0 Å². The summed E-state index contributed by atoms with van der Waals surface area (Å²) in [6.45, 7) is 7.62. The van der Waals surface area contributed by atoms with Crippen molar-refractivity contribution in [2.75, 3.05) is 0 Å². The maximum Gasteiger partial charge on any atom is 0.295 e. The molecule has 2 aromatic carbocycles. The van der Waals surface area contributed by atoms with Gasteiger partial charge >= 0.3 is 0 Å². The van der Waals surface area contributed by atoms with Gasteiger partial charge in [0.15, 0.2) is 5.52 Å². The summed E-state index contributed by atoms with van der Waals surface area (Å²) in [6.07, 6.45) is 1.69. The van der Waals surface area contributed by atoms with Crippen LogP contribution in [0.1, 0.15) is 35.9 Å². The van der Waals surface area contributed by atoms with E-state index in [0.29, 0.717) is 11.2 Å². The lowest BCUT2D eigenvalue weighted by atomic mass is 10.1. The number of nitrogens with one attached hydrogen (secondary N) is 1. The molecule has 2 aromatic heterocycles. The molecule has 0 saturated heterocycles. The number of carbonyl (C=O) groups excluding carboxylic acids is 1. The first-order chi connectivity index (χ1) is 15.8. The zero-order valence-corrected chi connectivity index (χ0v) is 19.5. The second kappa shape index (κ2) is 9.40. The second-order valence-electron chi connectivity index (χ2n) is 8.60. The van der Waals surface area contributed by atoms with Gasteiger partial charge in [0.25, 0.3) is 5.56 Å². The average Bonchev–Trinajstić information content (AvgIpc) is 3.15. The standard InChI is InChI=1S/C26H29N5O2/c1-17-10-14-22(15-11-17)31-20(4)24-19(3)28-30(26(33)25(24)29-31)16-23(32)27-18(2)12-13-21-8-6-5-7-9-21/h5-11,14-15,18H,12-13,16H2,1-4H3,(H,27,32)/t18-/m1/s1. The predicted molar refractivity (Wildman–Crippen MR) is 130 cm³/mol. The van der Waals surface area contributed by atoms with Gasteiger partial charge in [-0.1, -0.05) is 48.0 Å². The van der Waals surface area contributed by atoms with Crippen LogP contribution < -0.4 is 10.9 Å². The maximum absolute atomic E-state index is 13.1. The number of fused-ring (bicyclic) bond motifs is 1. The largest absolute Gasteiger partial charge is 0.352 e. The molecule has 0 unspecified atom stereocenters. The van der Waals surface area contributed by atoms with Crippen molar-refractivity contribution in [2.24, 2.45) is 0 Å². The molecule has 0 bridgehead atoms. The molecule has 1 atom stereocenters. The SMILES string of the molecule is Cc1ccc(-n2nc3c(=O)n(CC(=O)N[C@H](C)CCc4ccccc4)nc(C)c3c2C)cc1. The summed E-state index contributed by atoms with van der Waals surface area (Å²) in [7, 11) is 0. The molecule has 0 aliphatic heterocycles. The Morgan fingerprint density at radius 3 is 2.39 bits per heavy atom.